The Morgan fingerprint density at radius 3 is 2.89 bits per heavy atom. The number of hydrogen-bond donors (Lipinski definition) is 1. The van der Waals surface area contributed by atoms with E-state index in [0.29, 0.717) is 12.1 Å². The SMILES string of the molecule is N#Cc1cc(C(=O)NCc2ccccn2)ccn1. The standard InChI is InChI=1S/C13H10N4O/c14-8-12-7-10(4-6-16-12)13(18)17-9-11-3-1-2-5-15-11/h1-7H,9H2,(H,17,18). The molecule has 2 aromatic heterocycles. The van der Waals surface area contributed by atoms with E-state index in [1.807, 2.05) is 24.3 Å². The van der Waals surface area contributed by atoms with Crippen LogP contribution >= 0.6 is 0 Å². The van der Waals surface area contributed by atoms with Crippen LogP contribution in [0.3, 0.4) is 0 Å². The van der Waals surface area contributed by atoms with Gasteiger partial charge in [-0.3, -0.25) is 9.78 Å². The summed E-state index contributed by atoms with van der Waals surface area (Å²) in [5.74, 6) is -0.250. The highest BCUT2D eigenvalue weighted by molar-refractivity contribution is 5.94. The fraction of sp³-hybridized carbons (Fsp3) is 0.0769. The van der Waals surface area contributed by atoms with Crippen LogP contribution in [0, 0.1) is 11.3 Å². The lowest BCUT2D eigenvalue weighted by Gasteiger charge is -2.04. The number of nitrogens with zero attached hydrogens (tertiary/aromatic N) is 3. The number of carbonyl (C=O) groups excluding carboxylic acids is 1. The zero-order valence-corrected chi connectivity index (χ0v) is 9.50. The third kappa shape index (κ3) is 2.89. The van der Waals surface area contributed by atoms with E-state index in [1.54, 1.807) is 12.3 Å². The molecular formula is C13H10N4O. The van der Waals surface area contributed by atoms with Crippen LogP contribution in [0.5, 0.6) is 0 Å². The zero-order valence-electron chi connectivity index (χ0n) is 9.50. The van der Waals surface area contributed by atoms with E-state index in [1.165, 1.54) is 12.3 Å². The Morgan fingerprint density at radius 2 is 2.17 bits per heavy atom. The van der Waals surface area contributed by atoms with Crippen molar-refractivity contribution in [2.75, 3.05) is 0 Å². The van der Waals surface area contributed by atoms with Gasteiger partial charge in [0.1, 0.15) is 11.8 Å². The molecule has 5 heteroatoms. The van der Waals surface area contributed by atoms with Crippen molar-refractivity contribution in [1.29, 1.82) is 5.26 Å². The number of amides is 1. The van der Waals surface area contributed by atoms with Gasteiger partial charge in [0, 0.05) is 18.0 Å². The van der Waals surface area contributed by atoms with Gasteiger partial charge in [0.05, 0.1) is 12.2 Å². The summed E-state index contributed by atoms with van der Waals surface area (Å²) in [7, 11) is 0. The Morgan fingerprint density at radius 1 is 1.28 bits per heavy atom. The summed E-state index contributed by atoms with van der Waals surface area (Å²) in [5.41, 5.74) is 1.42. The van der Waals surface area contributed by atoms with Gasteiger partial charge in [-0.2, -0.15) is 5.26 Å². The van der Waals surface area contributed by atoms with Gasteiger partial charge < -0.3 is 5.32 Å². The first kappa shape index (κ1) is 11.7. The maximum absolute atomic E-state index is 11.8. The highest BCUT2D eigenvalue weighted by Crippen LogP contribution is 2.01. The molecule has 0 unspecified atom stereocenters. The largest absolute Gasteiger partial charge is 0.346 e. The first-order valence-corrected chi connectivity index (χ1v) is 5.34. The molecule has 0 aliphatic carbocycles. The molecule has 2 aromatic rings. The van der Waals surface area contributed by atoms with Crippen LogP contribution in [0.15, 0.2) is 42.7 Å². The van der Waals surface area contributed by atoms with Crippen LogP contribution in [-0.2, 0) is 6.54 Å². The molecule has 0 saturated heterocycles. The predicted octanol–water partition coefficient (Wildman–Crippen LogP) is 1.28. The summed E-state index contributed by atoms with van der Waals surface area (Å²) >= 11 is 0. The number of carbonyl (C=O) groups is 1. The molecule has 1 N–H and O–H groups in total. The Labute approximate surface area is 104 Å². The fourth-order valence-electron chi connectivity index (χ4n) is 1.41. The summed E-state index contributed by atoms with van der Waals surface area (Å²) in [4.78, 5) is 19.7. The minimum atomic E-state index is -0.250. The first-order chi connectivity index (χ1) is 8.79. The third-order valence-corrected chi connectivity index (χ3v) is 2.29. The number of nitrogens with one attached hydrogen (secondary N) is 1. The van der Waals surface area contributed by atoms with Crippen LogP contribution in [0.1, 0.15) is 21.7 Å². The Bertz CT molecular complexity index is 589. The number of pyridine rings is 2. The second-order valence-electron chi connectivity index (χ2n) is 3.55. The molecule has 0 bridgehead atoms. The van der Waals surface area contributed by atoms with Gasteiger partial charge in [-0.25, -0.2) is 4.98 Å². The van der Waals surface area contributed by atoms with Crippen molar-refractivity contribution in [3.63, 3.8) is 0 Å². The van der Waals surface area contributed by atoms with E-state index >= 15 is 0 Å². The van der Waals surface area contributed by atoms with Crippen LogP contribution in [0.25, 0.3) is 0 Å². The molecule has 5 nitrogen and oxygen atoms in total. The van der Waals surface area contributed by atoms with Crippen molar-refractivity contribution < 1.29 is 4.79 Å². The van der Waals surface area contributed by atoms with Crippen LogP contribution in [-0.4, -0.2) is 15.9 Å². The van der Waals surface area contributed by atoms with E-state index < -0.39 is 0 Å². The maximum Gasteiger partial charge on any atom is 0.251 e. The molecule has 0 spiro atoms. The quantitative estimate of drug-likeness (QED) is 0.873. The summed E-state index contributed by atoms with van der Waals surface area (Å²) in [5, 5.41) is 11.4. The van der Waals surface area contributed by atoms with Crippen molar-refractivity contribution in [2.24, 2.45) is 0 Å². The van der Waals surface area contributed by atoms with Crippen molar-refractivity contribution in [3.8, 4) is 6.07 Å². The zero-order chi connectivity index (χ0) is 12.8. The summed E-state index contributed by atoms with van der Waals surface area (Å²) < 4.78 is 0. The summed E-state index contributed by atoms with van der Waals surface area (Å²) in [6, 6.07) is 10.4. The van der Waals surface area contributed by atoms with E-state index in [2.05, 4.69) is 15.3 Å². The van der Waals surface area contributed by atoms with Gasteiger partial charge >= 0.3 is 0 Å². The molecular weight excluding hydrogens is 228 g/mol. The molecule has 2 heterocycles. The molecule has 88 valence electrons. The van der Waals surface area contributed by atoms with Crippen LogP contribution < -0.4 is 5.32 Å². The highest BCUT2D eigenvalue weighted by atomic mass is 16.1. The Balaban J connectivity index is 2.02. The lowest BCUT2D eigenvalue weighted by Crippen LogP contribution is -2.23. The molecule has 0 radical (unpaired) electrons. The van der Waals surface area contributed by atoms with Gasteiger partial charge in [-0.1, -0.05) is 6.07 Å². The second-order valence-corrected chi connectivity index (χ2v) is 3.55. The van der Waals surface area contributed by atoms with Crippen molar-refractivity contribution in [1.82, 2.24) is 15.3 Å². The lowest BCUT2D eigenvalue weighted by atomic mass is 10.2. The molecule has 0 aromatic carbocycles. The molecule has 0 aliphatic heterocycles. The summed E-state index contributed by atoms with van der Waals surface area (Å²) in [6.45, 7) is 0.351. The molecule has 0 atom stereocenters. The molecule has 0 saturated carbocycles. The lowest BCUT2D eigenvalue weighted by molar-refractivity contribution is 0.0950. The van der Waals surface area contributed by atoms with Gasteiger partial charge in [-0.15, -0.1) is 0 Å². The van der Waals surface area contributed by atoms with Crippen LogP contribution in [0.2, 0.25) is 0 Å². The van der Waals surface area contributed by atoms with E-state index in [4.69, 9.17) is 5.26 Å². The average molecular weight is 238 g/mol. The van der Waals surface area contributed by atoms with E-state index in [0.717, 1.165) is 5.69 Å². The summed E-state index contributed by atoms with van der Waals surface area (Å²) in [6.07, 6.45) is 3.11. The Hall–Kier alpha value is -2.74. The smallest absolute Gasteiger partial charge is 0.251 e. The number of nitriles is 1. The normalized spacial score (nSPS) is 9.50. The molecule has 2 rings (SSSR count). The van der Waals surface area contributed by atoms with Gasteiger partial charge in [0.25, 0.3) is 5.91 Å². The van der Waals surface area contributed by atoms with E-state index in [9.17, 15) is 4.79 Å². The maximum atomic E-state index is 11.8. The first-order valence-electron chi connectivity index (χ1n) is 5.34. The van der Waals surface area contributed by atoms with Crippen LogP contribution in [0.4, 0.5) is 0 Å². The van der Waals surface area contributed by atoms with E-state index in [-0.39, 0.29) is 11.6 Å². The minimum Gasteiger partial charge on any atom is -0.346 e. The van der Waals surface area contributed by atoms with Gasteiger partial charge in [0.15, 0.2) is 0 Å². The van der Waals surface area contributed by atoms with Crippen molar-refractivity contribution in [2.45, 2.75) is 6.54 Å². The number of hydrogen-bond acceptors (Lipinski definition) is 4. The predicted molar refractivity (Wildman–Crippen MR) is 64.4 cm³/mol. The number of rotatable bonds is 3. The van der Waals surface area contributed by atoms with Gasteiger partial charge in [-0.05, 0) is 24.3 Å². The van der Waals surface area contributed by atoms with Crippen molar-refractivity contribution >= 4 is 5.91 Å². The average Bonchev–Trinajstić information content (AvgIpc) is 2.46. The van der Waals surface area contributed by atoms with Gasteiger partial charge in [0.2, 0.25) is 0 Å². The Kier molecular flexibility index (Phi) is 3.62. The molecule has 0 fully saturated rings. The molecule has 1 amide bonds. The topological polar surface area (TPSA) is 78.7 Å². The third-order valence-electron chi connectivity index (χ3n) is 2.29. The monoisotopic (exact) mass is 238 g/mol. The molecule has 0 aliphatic rings. The second kappa shape index (κ2) is 5.55. The van der Waals surface area contributed by atoms with Crippen molar-refractivity contribution in [3.05, 3.63) is 59.7 Å². The molecule has 18 heavy (non-hydrogen) atoms. The highest BCUT2D eigenvalue weighted by Gasteiger charge is 2.06. The fourth-order valence-corrected chi connectivity index (χ4v) is 1.41. The number of aromatic nitrogens is 2. The minimum absolute atomic E-state index is 0.223.